The van der Waals surface area contributed by atoms with E-state index in [4.69, 9.17) is 0 Å². The van der Waals surface area contributed by atoms with Crippen molar-refractivity contribution in [2.24, 2.45) is 17.8 Å². The normalized spacial score (nSPS) is 34.2. The second-order valence-electron chi connectivity index (χ2n) is 6.39. The summed E-state index contributed by atoms with van der Waals surface area (Å²) in [6.07, 6.45) is 6.71. The van der Waals surface area contributed by atoms with Crippen molar-refractivity contribution in [2.75, 3.05) is 6.54 Å². The number of carboxylic acid groups (broad SMARTS) is 1. The highest BCUT2D eigenvalue weighted by Crippen LogP contribution is 2.40. The minimum absolute atomic E-state index is 0.111. The molecule has 4 atom stereocenters. The summed E-state index contributed by atoms with van der Waals surface area (Å²) in [4.78, 5) is 26.2. The lowest BCUT2D eigenvalue weighted by Crippen LogP contribution is -2.47. The Balaban J connectivity index is 2.11. The maximum atomic E-state index is 12.8. The van der Waals surface area contributed by atoms with Gasteiger partial charge in [0.05, 0.1) is 11.8 Å². The molecule has 2 unspecified atom stereocenters. The molecule has 114 valence electrons. The van der Waals surface area contributed by atoms with E-state index in [-0.39, 0.29) is 11.8 Å². The molecule has 1 N–H and O–H groups in total. The fraction of sp³-hybridized carbons (Fsp3) is 0.875. The third-order valence-electron chi connectivity index (χ3n) is 5.25. The molecule has 0 spiro atoms. The number of aliphatic carboxylic acids is 1. The Hall–Kier alpha value is -1.06. The van der Waals surface area contributed by atoms with Gasteiger partial charge in [0.15, 0.2) is 0 Å². The number of hydrogen-bond donors (Lipinski definition) is 1. The number of rotatable bonds is 4. The van der Waals surface area contributed by atoms with Gasteiger partial charge in [-0.15, -0.1) is 0 Å². The molecule has 1 saturated carbocycles. The number of carboxylic acids is 1. The van der Waals surface area contributed by atoms with Crippen LogP contribution in [0.2, 0.25) is 0 Å². The van der Waals surface area contributed by atoms with Gasteiger partial charge in [0, 0.05) is 12.6 Å². The van der Waals surface area contributed by atoms with Crippen molar-refractivity contribution < 1.29 is 14.7 Å². The lowest BCUT2D eigenvalue weighted by Gasteiger charge is -2.37. The zero-order chi connectivity index (χ0) is 14.7. The standard InChI is InChI=1S/C16H27NO3/c1-3-11-9-13(14(10-11)16(19)20)15(18)17-8-6-5-7-12(17)4-2/h11-14H,3-10H2,1-2H3,(H,19,20)/t11?,12?,13-,14+/m0/s1. The zero-order valence-corrected chi connectivity index (χ0v) is 12.7. The van der Waals surface area contributed by atoms with Gasteiger partial charge in [0.25, 0.3) is 0 Å². The van der Waals surface area contributed by atoms with E-state index >= 15 is 0 Å². The summed E-state index contributed by atoms with van der Waals surface area (Å²) >= 11 is 0. The molecule has 0 aromatic carbocycles. The fourth-order valence-corrected chi connectivity index (χ4v) is 3.95. The molecule has 4 nitrogen and oxygen atoms in total. The molecule has 2 fully saturated rings. The largest absolute Gasteiger partial charge is 0.481 e. The van der Waals surface area contributed by atoms with Crippen LogP contribution in [0.3, 0.4) is 0 Å². The van der Waals surface area contributed by atoms with Crippen LogP contribution in [0.4, 0.5) is 0 Å². The lowest BCUT2D eigenvalue weighted by atomic mass is 9.91. The number of amides is 1. The van der Waals surface area contributed by atoms with Gasteiger partial charge in [0.1, 0.15) is 0 Å². The summed E-state index contributed by atoms with van der Waals surface area (Å²) in [5.41, 5.74) is 0. The average Bonchev–Trinajstić information content (AvgIpc) is 2.91. The quantitative estimate of drug-likeness (QED) is 0.862. The van der Waals surface area contributed by atoms with Gasteiger partial charge >= 0.3 is 5.97 Å². The Morgan fingerprint density at radius 3 is 2.40 bits per heavy atom. The Labute approximate surface area is 121 Å². The van der Waals surface area contributed by atoms with Gasteiger partial charge in [-0.3, -0.25) is 9.59 Å². The first kappa shape index (κ1) is 15.3. The van der Waals surface area contributed by atoms with Crippen LogP contribution in [-0.4, -0.2) is 34.5 Å². The van der Waals surface area contributed by atoms with Crippen molar-refractivity contribution >= 4 is 11.9 Å². The second kappa shape index (κ2) is 6.59. The van der Waals surface area contributed by atoms with Gasteiger partial charge in [0.2, 0.25) is 5.91 Å². The van der Waals surface area contributed by atoms with Crippen LogP contribution in [0.1, 0.15) is 58.8 Å². The highest BCUT2D eigenvalue weighted by molar-refractivity contribution is 5.85. The van der Waals surface area contributed by atoms with E-state index in [1.807, 2.05) is 4.90 Å². The Bertz CT molecular complexity index is 369. The first-order chi connectivity index (χ1) is 9.58. The van der Waals surface area contributed by atoms with Gasteiger partial charge in [-0.25, -0.2) is 0 Å². The van der Waals surface area contributed by atoms with Crippen LogP contribution in [0.15, 0.2) is 0 Å². The number of piperidine rings is 1. The van der Waals surface area contributed by atoms with Gasteiger partial charge in [-0.1, -0.05) is 20.3 Å². The lowest BCUT2D eigenvalue weighted by molar-refractivity contribution is -0.150. The van der Waals surface area contributed by atoms with Crippen molar-refractivity contribution in [1.82, 2.24) is 4.90 Å². The summed E-state index contributed by atoms with van der Waals surface area (Å²) in [6.45, 7) is 5.03. The monoisotopic (exact) mass is 281 g/mol. The van der Waals surface area contributed by atoms with Crippen LogP contribution < -0.4 is 0 Å². The summed E-state index contributed by atoms with van der Waals surface area (Å²) in [5.74, 6) is -1.03. The van der Waals surface area contributed by atoms with Gasteiger partial charge in [-0.05, 0) is 44.4 Å². The molecule has 20 heavy (non-hydrogen) atoms. The Kier molecular flexibility index (Phi) is 5.06. The predicted molar refractivity (Wildman–Crippen MR) is 77.3 cm³/mol. The minimum Gasteiger partial charge on any atom is -0.481 e. The third kappa shape index (κ3) is 2.99. The van der Waals surface area contributed by atoms with E-state index in [9.17, 15) is 14.7 Å². The van der Waals surface area contributed by atoms with Crippen LogP contribution in [0.25, 0.3) is 0 Å². The summed E-state index contributed by atoms with van der Waals surface area (Å²) in [6, 6.07) is 0.325. The SMILES string of the molecule is CCC1C[C@H](C(=O)N2CCCCC2CC)[C@H](C(=O)O)C1. The molecule has 1 saturated heterocycles. The van der Waals surface area contributed by atoms with Crippen LogP contribution in [-0.2, 0) is 9.59 Å². The molecule has 0 radical (unpaired) electrons. The first-order valence-corrected chi connectivity index (χ1v) is 8.11. The number of hydrogen-bond acceptors (Lipinski definition) is 2. The van der Waals surface area contributed by atoms with Crippen LogP contribution in [0, 0.1) is 17.8 Å². The zero-order valence-electron chi connectivity index (χ0n) is 12.7. The van der Waals surface area contributed by atoms with E-state index in [1.165, 1.54) is 6.42 Å². The number of carbonyl (C=O) groups excluding carboxylic acids is 1. The highest BCUT2D eigenvalue weighted by Gasteiger charge is 2.44. The Morgan fingerprint density at radius 1 is 1.10 bits per heavy atom. The van der Waals surface area contributed by atoms with Crippen molar-refractivity contribution in [2.45, 2.75) is 64.8 Å². The molecular formula is C16H27NO3. The highest BCUT2D eigenvalue weighted by atomic mass is 16.4. The smallest absolute Gasteiger partial charge is 0.307 e. The number of nitrogens with zero attached hydrogens (tertiary/aromatic N) is 1. The molecule has 0 bridgehead atoms. The number of carbonyl (C=O) groups is 2. The maximum absolute atomic E-state index is 12.8. The van der Waals surface area contributed by atoms with E-state index in [1.54, 1.807) is 0 Å². The molecule has 2 aliphatic rings. The van der Waals surface area contributed by atoms with E-state index in [0.717, 1.165) is 38.6 Å². The maximum Gasteiger partial charge on any atom is 0.307 e. The average molecular weight is 281 g/mol. The molecular weight excluding hydrogens is 254 g/mol. The van der Waals surface area contributed by atoms with Crippen molar-refractivity contribution in [3.8, 4) is 0 Å². The van der Waals surface area contributed by atoms with Crippen molar-refractivity contribution in [3.05, 3.63) is 0 Å². The summed E-state index contributed by atoms with van der Waals surface area (Å²) in [7, 11) is 0. The predicted octanol–water partition coefficient (Wildman–Crippen LogP) is 2.91. The van der Waals surface area contributed by atoms with Crippen LogP contribution in [0.5, 0.6) is 0 Å². The number of likely N-dealkylation sites (tertiary alicyclic amines) is 1. The molecule has 0 aromatic rings. The topological polar surface area (TPSA) is 57.6 Å². The van der Waals surface area contributed by atoms with Crippen molar-refractivity contribution in [3.63, 3.8) is 0 Å². The Morgan fingerprint density at radius 2 is 1.80 bits per heavy atom. The van der Waals surface area contributed by atoms with Gasteiger partial charge in [-0.2, -0.15) is 0 Å². The van der Waals surface area contributed by atoms with E-state index < -0.39 is 11.9 Å². The third-order valence-corrected chi connectivity index (χ3v) is 5.25. The second-order valence-corrected chi connectivity index (χ2v) is 6.39. The van der Waals surface area contributed by atoms with Gasteiger partial charge < -0.3 is 10.0 Å². The molecule has 1 aliphatic carbocycles. The molecule has 1 aliphatic heterocycles. The van der Waals surface area contributed by atoms with E-state index in [2.05, 4.69) is 13.8 Å². The molecule has 1 amide bonds. The summed E-state index contributed by atoms with van der Waals surface area (Å²) in [5, 5.41) is 9.40. The van der Waals surface area contributed by atoms with E-state index in [0.29, 0.717) is 18.4 Å². The minimum atomic E-state index is -0.788. The molecule has 0 aromatic heterocycles. The fourth-order valence-electron chi connectivity index (χ4n) is 3.95. The first-order valence-electron chi connectivity index (χ1n) is 8.11. The molecule has 4 heteroatoms. The summed E-state index contributed by atoms with van der Waals surface area (Å²) < 4.78 is 0. The van der Waals surface area contributed by atoms with Crippen molar-refractivity contribution in [1.29, 1.82) is 0 Å². The molecule has 1 heterocycles. The molecule has 2 rings (SSSR count). The van der Waals surface area contributed by atoms with Crippen LogP contribution >= 0.6 is 0 Å².